The number of rotatable bonds is 1. The second kappa shape index (κ2) is 2.54. The molecule has 3 atom stereocenters. The molecule has 0 saturated heterocycles. The highest BCUT2D eigenvalue weighted by Crippen LogP contribution is 2.44. The molecule has 1 fully saturated rings. The lowest BCUT2D eigenvalue weighted by Gasteiger charge is -2.19. The number of aliphatic hydroxyl groups is 1. The molecule has 0 spiro atoms. The lowest BCUT2D eigenvalue weighted by Crippen LogP contribution is -2.16. The molecular formula is C9H18O. The zero-order valence-corrected chi connectivity index (χ0v) is 7.22. The first-order valence-corrected chi connectivity index (χ1v) is 4.18. The van der Waals surface area contributed by atoms with Crippen molar-refractivity contribution in [3.8, 4) is 0 Å². The summed E-state index contributed by atoms with van der Waals surface area (Å²) in [7, 11) is 0. The molecule has 0 heterocycles. The first-order chi connectivity index (χ1) is 4.57. The molecule has 1 aliphatic rings. The van der Waals surface area contributed by atoms with E-state index in [4.69, 9.17) is 5.11 Å². The van der Waals surface area contributed by atoms with Crippen molar-refractivity contribution in [1.82, 2.24) is 0 Å². The quantitative estimate of drug-likeness (QED) is 0.594. The minimum Gasteiger partial charge on any atom is -0.396 e. The van der Waals surface area contributed by atoms with Gasteiger partial charge in [-0.2, -0.15) is 0 Å². The van der Waals surface area contributed by atoms with Crippen LogP contribution in [-0.2, 0) is 0 Å². The summed E-state index contributed by atoms with van der Waals surface area (Å²) < 4.78 is 0. The normalized spacial score (nSPS) is 48.0. The van der Waals surface area contributed by atoms with E-state index in [1.807, 2.05) is 0 Å². The molecule has 1 rings (SSSR count). The van der Waals surface area contributed by atoms with Gasteiger partial charge in [0, 0.05) is 6.61 Å². The van der Waals surface area contributed by atoms with Gasteiger partial charge in [0.1, 0.15) is 0 Å². The van der Waals surface area contributed by atoms with Crippen molar-refractivity contribution >= 4 is 0 Å². The van der Waals surface area contributed by atoms with Gasteiger partial charge in [-0.1, -0.05) is 20.8 Å². The Morgan fingerprint density at radius 1 is 1.30 bits per heavy atom. The minimum absolute atomic E-state index is 0.235. The lowest BCUT2D eigenvalue weighted by atomic mass is 9.89. The van der Waals surface area contributed by atoms with Gasteiger partial charge < -0.3 is 5.11 Å². The average Bonchev–Trinajstić information content (AvgIpc) is 2.10. The maximum absolute atomic E-state index is 9.06. The smallest absolute Gasteiger partial charge is 0.0484 e. The zero-order chi connectivity index (χ0) is 7.78. The highest BCUT2D eigenvalue weighted by atomic mass is 16.3. The molecule has 0 bridgehead atoms. The molecule has 0 aliphatic heterocycles. The number of aliphatic hydroxyl groups excluding tert-OH is 1. The van der Waals surface area contributed by atoms with E-state index < -0.39 is 0 Å². The van der Waals surface area contributed by atoms with Gasteiger partial charge in [0.05, 0.1) is 0 Å². The zero-order valence-electron chi connectivity index (χ0n) is 7.22. The molecule has 1 aliphatic carbocycles. The van der Waals surface area contributed by atoms with Crippen molar-refractivity contribution in [2.45, 2.75) is 33.6 Å². The van der Waals surface area contributed by atoms with Crippen molar-refractivity contribution in [2.24, 2.45) is 17.3 Å². The number of hydrogen-bond donors (Lipinski definition) is 1. The first kappa shape index (κ1) is 8.06. The minimum atomic E-state index is 0.235. The van der Waals surface area contributed by atoms with E-state index in [1.165, 1.54) is 12.8 Å². The third-order valence-corrected chi connectivity index (χ3v) is 2.98. The van der Waals surface area contributed by atoms with Crippen LogP contribution in [0.5, 0.6) is 0 Å². The second-order valence-corrected chi connectivity index (χ2v) is 4.33. The van der Waals surface area contributed by atoms with E-state index in [-0.39, 0.29) is 5.41 Å². The van der Waals surface area contributed by atoms with Gasteiger partial charge in [-0.05, 0) is 30.1 Å². The molecule has 0 unspecified atom stereocenters. The van der Waals surface area contributed by atoms with Gasteiger partial charge in [-0.25, -0.2) is 0 Å². The number of hydrogen-bond acceptors (Lipinski definition) is 1. The van der Waals surface area contributed by atoms with Gasteiger partial charge in [0.25, 0.3) is 0 Å². The Balaban J connectivity index is 2.55. The molecule has 0 aromatic heterocycles. The molecule has 0 amide bonds. The summed E-state index contributed by atoms with van der Waals surface area (Å²) in [5, 5.41) is 9.06. The summed E-state index contributed by atoms with van der Waals surface area (Å²) in [5.41, 5.74) is 0.235. The highest BCUT2D eigenvalue weighted by Gasteiger charge is 2.36. The second-order valence-electron chi connectivity index (χ2n) is 4.33. The maximum Gasteiger partial charge on any atom is 0.0484 e. The fourth-order valence-electron chi connectivity index (χ4n) is 2.17. The average molecular weight is 142 g/mol. The SMILES string of the molecule is C[C@@H]1C[C@](C)(CO)C[C@@H]1C. The predicted octanol–water partition coefficient (Wildman–Crippen LogP) is 2.05. The Hall–Kier alpha value is -0.0400. The summed E-state index contributed by atoms with van der Waals surface area (Å²) >= 11 is 0. The molecular weight excluding hydrogens is 124 g/mol. The molecule has 1 N–H and O–H groups in total. The Morgan fingerprint density at radius 3 is 1.90 bits per heavy atom. The molecule has 0 radical (unpaired) electrons. The van der Waals surface area contributed by atoms with Crippen molar-refractivity contribution < 1.29 is 5.11 Å². The van der Waals surface area contributed by atoms with Crippen LogP contribution in [0.1, 0.15) is 33.6 Å². The molecule has 1 saturated carbocycles. The standard InChI is InChI=1S/C9H18O/c1-7-4-9(3,6-10)5-8(7)2/h7-8,10H,4-6H2,1-3H3/t7-,8+,9+. The van der Waals surface area contributed by atoms with Crippen molar-refractivity contribution in [3.63, 3.8) is 0 Å². The van der Waals surface area contributed by atoms with Crippen LogP contribution in [0.25, 0.3) is 0 Å². The molecule has 0 aromatic carbocycles. The van der Waals surface area contributed by atoms with Gasteiger partial charge in [-0.15, -0.1) is 0 Å². The van der Waals surface area contributed by atoms with E-state index in [2.05, 4.69) is 20.8 Å². The Bertz CT molecular complexity index is 110. The predicted molar refractivity (Wildman–Crippen MR) is 42.8 cm³/mol. The summed E-state index contributed by atoms with van der Waals surface area (Å²) in [6, 6.07) is 0. The van der Waals surface area contributed by atoms with Crippen LogP contribution >= 0.6 is 0 Å². The van der Waals surface area contributed by atoms with Crippen LogP contribution in [0.2, 0.25) is 0 Å². The fourth-order valence-corrected chi connectivity index (χ4v) is 2.17. The fraction of sp³-hybridized carbons (Fsp3) is 1.00. The summed E-state index contributed by atoms with van der Waals surface area (Å²) in [6.07, 6.45) is 2.40. The van der Waals surface area contributed by atoms with E-state index in [9.17, 15) is 0 Å². The topological polar surface area (TPSA) is 20.2 Å². The molecule has 60 valence electrons. The van der Waals surface area contributed by atoms with Crippen LogP contribution in [0.15, 0.2) is 0 Å². The van der Waals surface area contributed by atoms with Crippen LogP contribution in [0, 0.1) is 17.3 Å². The lowest BCUT2D eigenvalue weighted by molar-refractivity contribution is 0.143. The molecule has 1 nitrogen and oxygen atoms in total. The van der Waals surface area contributed by atoms with E-state index in [1.54, 1.807) is 0 Å². The summed E-state index contributed by atoms with van der Waals surface area (Å²) in [4.78, 5) is 0. The van der Waals surface area contributed by atoms with Gasteiger partial charge in [0.2, 0.25) is 0 Å². The highest BCUT2D eigenvalue weighted by molar-refractivity contribution is 4.87. The van der Waals surface area contributed by atoms with E-state index in [0.29, 0.717) is 6.61 Å². The molecule has 1 heteroatoms. The summed E-state index contributed by atoms with van der Waals surface area (Å²) in [5.74, 6) is 1.61. The van der Waals surface area contributed by atoms with Crippen molar-refractivity contribution in [3.05, 3.63) is 0 Å². The van der Waals surface area contributed by atoms with Gasteiger partial charge in [0.15, 0.2) is 0 Å². The largest absolute Gasteiger partial charge is 0.396 e. The van der Waals surface area contributed by atoms with E-state index in [0.717, 1.165) is 11.8 Å². The Kier molecular flexibility index (Phi) is 2.04. The van der Waals surface area contributed by atoms with Crippen molar-refractivity contribution in [2.75, 3.05) is 6.61 Å². The van der Waals surface area contributed by atoms with Crippen LogP contribution in [0.4, 0.5) is 0 Å². The molecule has 10 heavy (non-hydrogen) atoms. The maximum atomic E-state index is 9.06. The molecule has 0 aromatic rings. The third kappa shape index (κ3) is 1.34. The van der Waals surface area contributed by atoms with E-state index >= 15 is 0 Å². The Labute approximate surface area is 63.4 Å². The van der Waals surface area contributed by atoms with Gasteiger partial charge >= 0.3 is 0 Å². The van der Waals surface area contributed by atoms with Crippen LogP contribution in [-0.4, -0.2) is 11.7 Å². The summed E-state index contributed by atoms with van der Waals surface area (Å²) in [6.45, 7) is 7.12. The van der Waals surface area contributed by atoms with Crippen molar-refractivity contribution in [1.29, 1.82) is 0 Å². The third-order valence-electron chi connectivity index (χ3n) is 2.98. The van der Waals surface area contributed by atoms with Gasteiger partial charge in [-0.3, -0.25) is 0 Å². The monoisotopic (exact) mass is 142 g/mol. The first-order valence-electron chi connectivity index (χ1n) is 4.18. The Morgan fingerprint density at radius 2 is 1.70 bits per heavy atom. The van der Waals surface area contributed by atoms with Crippen LogP contribution in [0.3, 0.4) is 0 Å². The van der Waals surface area contributed by atoms with Crippen LogP contribution < -0.4 is 0 Å².